The molecule has 1 atom stereocenters. The maximum Gasteiger partial charge on any atom is 0.267 e. The molecule has 1 amide bonds. The molecule has 2 rings (SSSR count). The van der Waals surface area contributed by atoms with E-state index >= 15 is 0 Å². The first-order valence-corrected chi connectivity index (χ1v) is 6.95. The molecule has 4 nitrogen and oxygen atoms in total. The van der Waals surface area contributed by atoms with E-state index in [9.17, 15) is 4.79 Å². The number of amides is 1. The Kier molecular flexibility index (Phi) is 4.28. The van der Waals surface area contributed by atoms with Crippen molar-refractivity contribution in [1.82, 2.24) is 10.3 Å². The Balaban J connectivity index is 1.95. The Morgan fingerprint density at radius 1 is 1.50 bits per heavy atom. The summed E-state index contributed by atoms with van der Waals surface area (Å²) in [7, 11) is 0. The van der Waals surface area contributed by atoms with Crippen LogP contribution in [0.15, 0.2) is 12.3 Å². The molecule has 1 aliphatic rings. The predicted octanol–water partition coefficient (Wildman–Crippen LogP) is 2.69. The average molecular weight is 249 g/mol. The van der Waals surface area contributed by atoms with Crippen LogP contribution in [0.1, 0.15) is 55.9 Å². The summed E-state index contributed by atoms with van der Waals surface area (Å²) in [4.78, 5) is 15.0. The smallest absolute Gasteiger partial charge is 0.267 e. The van der Waals surface area contributed by atoms with Crippen LogP contribution >= 0.6 is 0 Å². The van der Waals surface area contributed by atoms with E-state index in [2.05, 4.69) is 17.2 Å². The van der Waals surface area contributed by atoms with Crippen molar-refractivity contribution in [3.63, 3.8) is 0 Å². The standard InChI is InChI=1S/C14H23N3O/c1-2-12(10-6-4-3-5-7-10)17-14(18)13-8-11(15)9-16-13/h8-10,12,16H,2-7,15H2,1H3,(H,17,18). The molecule has 100 valence electrons. The molecule has 0 aliphatic heterocycles. The lowest BCUT2D eigenvalue weighted by molar-refractivity contribution is 0.0906. The summed E-state index contributed by atoms with van der Waals surface area (Å²) in [5, 5.41) is 3.14. The van der Waals surface area contributed by atoms with Crippen LogP contribution in [-0.4, -0.2) is 16.9 Å². The number of anilines is 1. The lowest BCUT2D eigenvalue weighted by Crippen LogP contribution is -2.40. The molecule has 18 heavy (non-hydrogen) atoms. The number of carbonyl (C=O) groups is 1. The van der Waals surface area contributed by atoms with Gasteiger partial charge < -0.3 is 16.0 Å². The molecule has 0 aromatic carbocycles. The van der Waals surface area contributed by atoms with E-state index in [1.165, 1.54) is 32.1 Å². The highest BCUT2D eigenvalue weighted by atomic mass is 16.1. The van der Waals surface area contributed by atoms with Crippen LogP contribution < -0.4 is 11.1 Å². The molecule has 1 aliphatic carbocycles. The molecule has 0 bridgehead atoms. The van der Waals surface area contributed by atoms with Gasteiger partial charge >= 0.3 is 0 Å². The van der Waals surface area contributed by atoms with Crippen LogP contribution in [0.3, 0.4) is 0 Å². The van der Waals surface area contributed by atoms with Gasteiger partial charge in [0.1, 0.15) is 5.69 Å². The zero-order valence-corrected chi connectivity index (χ0v) is 11.0. The monoisotopic (exact) mass is 249 g/mol. The van der Waals surface area contributed by atoms with Gasteiger partial charge in [0.15, 0.2) is 0 Å². The first-order chi connectivity index (χ1) is 8.70. The highest BCUT2D eigenvalue weighted by molar-refractivity contribution is 5.93. The van der Waals surface area contributed by atoms with Gasteiger partial charge in [-0.05, 0) is 31.2 Å². The molecule has 4 heteroatoms. The van der Waals surface area contributed by atoms with E-state index in [1.807, 2.05) is 0 Å². The number of nitrogens with two attached hydrogens (primary N) is 1. The fraction of sp³-hybridized carbons (Fsp3) is 0.643. The topological polar surface area (TPSA) is 70.9 Å². The Hall–Kier alpha value is -1.45. The van der Waals surface area contributed by atoms with Crippen molar-refractivity contribution >= 4 is 11.6 Å². The Morgan fingerprint density at radius 2 is 2.22 bits per heavy atom. The number of hydrogen-bond acceptors (Lipinski definition) is 2. The molecular formula is C14H23N3O. The van der Waals surface area contributed by atoms with Crippen molar-refractivity contribution in [1.29, 1.82) is 0 Å². The van der Waals surface area contributed by atoms with Crippen molar-refractivity contribution < 1.29 is 4.79 Å². The van der Waals surface area contributed by atoms with Crippen molar-refractivity contribution in [3.05, 3.63) is 18.0 Å². The summed E-state index contributed by atoms with van der Waals surface area (Å²) in [5.74, 6) is 0.601. The van der Waals surface area contributed by atoms with E-state index in [4.69, 9.17) is 5.73 Å². The molecule has 1 aromatic heterocycles. The highest BCUT2D eigenvalue weighted by Crippen LogP contribution is 2.27. The Bertz CT molecular complexity index is 393. The first-order valence-electron chi connectivity index (χ1n) is 6.95. The predicted molar refractivity (Wildman–Crippen MR) is 73.3 cm³/mol. The van der Waals surface area contributed by atoms with Gasteiger partial charge in [-0.1, -0.05) is 26.2 Å². The van der Waals surface area contributed by atoms with Crippen LogP contribution in [-0.2, 0) is 0 Å². The Morgan fingerprint density at radius 3 is 2.78 bits per heavy atom. The molecule has 4 N–H and O–H groups in total. The number of aromatic nitrogens is 1. The maximum atomic E-state index is 12.1. The van der Waals surface area contributed by atoms with Crippen LogP contribution in [0.5, 0.6) is 0 Å². The van der Waals surface area contributed by atoms with Crippen LogP contribution in [0.25, 0.3) is 0 Å². The molecule has 0 spiro atoms. The number of carbonyl (C=O) groups excluding carboxylic acids is 1. The van der Waals surface area contributed by atoms with Gasteiger partial charge in [0.2, 0.25) is 0 Å². The summed E-state index contributed by atoms with van der Waals surface area (Å²) in [6.07, 6.45) is 9.06. The fourth-order valence-electron chi connectivity index (χ4n) is 2.88. The zero-order chi connectivity index (χ0) is 13.0. The average Bonchev–Trinajstić information content (AvgIpc) is 2.83. The molecule has 0 saturated heterocycles. The summed E-state index contributed by atoms with van der Waals surface area (Å²) in [6, 6.07) is 1.98. The first kappa shape index (κ1) is 13.0. The third-order valence-electron chi connectivity index (χ3n) is 3.93. The number of nitrogens with one attached hydrogen (secondary N) is 2. The van der Waals surface area contributed by atoms with Gasteiger partial charge in [0.05, 0.1) is 0 Å². The normalized spacial score (nSPS) is 18.5. The highest BCUT2D eigenvalue weighted by Gasteiger charge is 2.24. The second-order valence-electron chi connectivity index (χ2n) is 5.23. The fourth-order valence-corrected chi connectivity index (χ4v) is 2.88. The van der Waals surface area contributed by atoms with E-state index in [1.54, 1.807) is 12.3 Å². The van der Waals surface area contributed by atoms with Gasteiger partial charge in [0, 0.05) is 17.9 Å². The summed E-state index contributed by atoms with van der Waals surface area (Å²) in [5.41, 5.74) is 6.77. The second kappa shape index (κ2) is 5.94. The second-order valence-corrected chi connectivity index (χ2v) is 5.23. The molecular weight excluding hydrogens is 226 g/mol. The van der Waals surface area contributed by atoms with Crippen molar-refractivity contribution in [3.8, 4) is 0 Å². The lowest BCUT2D eigenvalue weighted by atomic mass is 9.83. The minimum Gasteiger partial charge on any atom is -0.397 e. The van der Waals surface area contributed by atoms with E-state index in [-0.39, 0.29) is 5.91 Å². The SMILES string of the molecule is CCC(NC(=O)c1cc(N)c[nH]1)C1CCCCC1. The molecule has 1 heterocycles. The van der Waals surface area contributed by atoms with Gasteiger partial charge in [0.25, 0.3) is 5.91 Å². The van der Waals surface area contributed by atoms with Crippen molar-refractivity contribution in [2.45, 2.75) is 51.5 Å². The molecule has 0 radical (unpaired) electrons. The van der Waals surface area contributed by atoms with E-state index in [0.29, 0.717) is 23.3 Å². The lowest BCUT2D eigenvalue weighted by Gasteiger charge is -2.30. The molecule has 1 aromatic rings. The van der Waals surface area contributed by atoms with Crippen molar-refractivity contribution in [2.75, 3.05) is 5.73 Å². The third kappa shape index (κ3) is 3.06. The molecule has 1 saturated carbocycles. The minimum atomic E-state index is -0.0378. The minimum absolute atomic E-state index is 0.0378. The van der Waals surface area contributed by atoms with Gasteiger partial charge in [-0.3, -0.25) is 4.79 Å². The zero-order valence-electron chi connectivity index (χ0n) is 11.0. The van der Waals surface area contributed by atoms with Gasteiger partial charge in [-0.15, -0.1) is 0 Å². The van der Waals surface area contributed by atoms with Gasteiger partial charge in [-0.2, -0.15) is 0 Å². The third-order valence-corrected chi connectivity index (χ3v) is 3.93. The molecule has 1 unspecified atom stereocenters. The quantitative estimate of drug-likeness (QED) is 0.767. The number of H-pyrrole nitrogens is 1. The van der Waals surface area contributed by atoms with Crippen LogP contribution in [0.4, 0.5) is 5.69 Å². The Labute approximate surface area is 108 Å². The maximum absolute atomic E-state index is 12.1. The van der Waals surface area contributed by atoms with Gasteiger partial charge in [-0.25, -0.2) is 0 Å². The molecule has 1 fully saturated rings. The number of nitrogen functional groups attached to an aromatic ring is 1. The largest absolute Gasteiger partial charge is 0.397 e. The summed E-state index contributed by atoms with van der Waals surface area (Å²) >= 11 is 0. The summed E-state index contributed by atoms with van der Waals surface area (Å²) in [6.45, 7) is 2.14. The van der Waals surface area contributed by atoms with E-state index in [0.717, 1.165) is 6.42 Å². The van der Waals surface area contributed by atoms with E-state index < -0.39 is 0 Å². The van der Waals surface area contributed by atoms with Crippen LogP contribution in [0, 0.1) is 5.92 Å². The summed E-state index contributed by atoms with van der Waals surface area (Å²) < 4.78 is 0. The van der Waals surface area contributed by atoms with Crippen LogP contribution in [0.2, 0.25) is 0 Å². The number of aromatic amines is 1. The van der Waals surface area contributed by atoms with Crippen molar-refractivity contribution in [2.24, 2.45) is 5.92 Å². The number of hydrogen-bond donors (Lipinski definition) is 3. The number of rotatable bonds is 4.